The summed E-state index contributed by atoms with van der Waals surface area (Å²) >= 11 is 0. The third kappa shape index (κ3) is 8.33. The first-order chi connectivity index (χ1) is 16.4. The summed E-state index contributed by atoms with van der Waals surface area (Å²) in [7, 11) is 3.60. The number of amides is 1. The van der Waals surface area contributed by atoms with Gasteiger partial charge in [0.15, 0.2) is 17.5 Å². The van der Waals surface area contributed by atoms with Gasteiger partial charge in [-0.2, -0.15) is 0 Å². The van der Waals surface area contributed by atoms with E-state index in [4.69, 9.17) is 11.1 Å². The normalized spacial score (nSPS) is 17.6. The minimum atomic E-state index is -0.576. The molecule has 2 aromatic rings. The highest BCUT2D eigenvalue weighted by Crippen LogP contribution is 2.17. The molecule has 5 N–H and O–H groups in total. The van der Waals surface area contributed by atoms with E-state index >= 15 is 0 Å². The molecule has 3 heterocycles. The maximum atomic E-state index is 13.2. The fraction of sp³-hybridized carbons (Fsp3) is 0.542. The number of likely N-dealkylation sites (tertiary alicyclic amines) is 1. The molecular weight excluding hydrogens is 435 g/mol. The standard InChI is InChI=1S/C11H11FN6.C7H15N.C6H11NO/c1-15-10-7(12)5-17-11(18-10)8(13)6-3-2-4-16-9(6)14;1-8-7-5-3-2-4-6-7;1-6-2-3-7(4-6)5-8/h2-5,13H,1H3,(H2,14,16)(H,15,17,18);7-8H,2-6H2,1H3;5-6H,2-4H2,1H3/t;;6-/m..0/s1. The molecule has 1 atom stereocenters. The molecule has 1 aliphatic heterocycles. The van der Waals surface area contributed by atoms with E-state index in [1.165, 1.54) is 51.8 Å². The number of carbonyl (C=O) groups is 1. The summed E-state index contributed by atoms with van der Waals surface area (Å²) in [6.45, 7) is 4.09. The number of nitrogens with one attached hydrogen (secondary N) is 3. The smallest absolute Gasteiger partial charge is 0.209 e. The molecule has 1 amide bonds. The van der Waals surface area contributed by atoms with Crippen LogP contribution in [0.1, 0.15) is 56.8 Å². The van der Waals surface area contributed by atoms with Gasteiger partial charge in [0.1, 0.15) is 11.5 Å². The molecule has 0 radical (unpaired) electrons. The highest BCUT2D eigenvalue weighted by molar-refractivity contribution is 6.11. The number of carbonyl (C=O) groups excluding carboxylic acids is 1. The summed E-state index contributed by atoms with van der Waals surface area (Å²) in [6, 6.07) is 4.13. The summed E-state index contributed by atoms with van der Waals surface area (Å²) in [5, 5.41) is 13.8. The van der Waals surface area contributed by atoms with E-state index in [-0.39, 0.29) is 23.2 Å². The second-order valence-electron chi connectivity index (χ2n) is 8.57. The monoisotopic (exact) mass is 472 g/mol. The topological polar surface area (TPSA) is 133 Å². The van der Waals surface area contributed by atoms with Gasteiger partial charge in [-0.05, 0) is 44.4 Å². The van der Waals surface area contributed by atoms with Crippen molar-refractivity contribution in [2.24, 2.45) is 5.92 Å². The van der Waals surface area contributed by atoms with Crippen LogP contribution < -0.4 is 16.4 Å². The van der Waals surface area contributed by atoms with Crippen LogP contribution in [0.2, 0.25) is 0 Å². The first-order valence-corrected chi connectivity index (χ1v) is 11.8. The van der Waals surface area contributed by atoms with Crippen molar-refractivity contribution in [3.63, 3.8) is 0 Å². The Morgan fingerprint density at radius 3 is 2.47 bits per heavy atom. The van der Waals surface area contributed by atoms with E-state index in [0.29, 0.717) is 5.56 Å². The molecule has 186 valence electrons. The van der Waals surface area contributed by atoms with Gasteiger partial charge in [0.2, 0.25) is 6.41 Å². The average molecular weight is 473 g/mol. The molecule has 4 rings (SSSR count). The van der Waals surface area contributed by atoms with E-state index in [0.717, 1.165) is 37.7 Å². The number of nitrogens with zero attached hydrogens (tertiary/aromatic N) is 4. The summed E-state index contributed by atoms with van der Waals surface area (Å²) in [6.07, 6.45) is 11.8. The molecule has 9 nitrogen and oxygen atoms in total. The first kappa shape index (κ1) is 27.1. The van der Waals surface area contributed by atoms with Crippen LogP contribution in [0, 0.1) is 17.1 Å². The van der Waals surface area contributed by atoms with Crippen molar-refractivity contribution >= 4 is 23.8 Å². The maximum Gasteiger partial charge on any atom is 0.209 e. The largest absolute Gasteiger partial charge is 0.383 e. The minimum Gasteiger partial charge on any atom is -0.383 e. The highest BCUT2D eigenvalue weighted by Gasteiger charge is 2.16. The summed E-state index contributed by atoms with van der Waals surface area (Å²) in [5.74, 6) is 0.475. The van der Waals surface area contributed by atoms with E-state index in [9.17, 15) is 9.18 Å². The van der Waals surface area contributed by atoms with Crippen LogP contribution in [0.15, 0.2) is 24.5 Å². The lowest BCUT2D eigenvalue weighted by atomic mass is 9.96. The second kappa shape index (κ2) is 14.2. The fourth-order valence-corrected chi connectivity index (χ4v) is 3.87. The van der Waals surface area contributed by atoms with Gasteiger partial charge in [-0.1, -0.05) is 26.2 Å². The number of hydrogen-bond acceptors (Lipinski definition) is 8. The Labute approximate surface area is 201 Å². The Morgan fingerprint density at radius 2 is 1.97 bits per heavy atom. The quantitative estimate of drug-likeness (QED) is 0.388. The van der Waals surface area contributed by atoms with Gasteiger partial charge < -0.3 is 21.3 Å². The van der Waals surface area contributed by atoms with Gasteiger partial charge in [0.05, 0.1) is 6.20 Å². The molecule has 34 heavy (non-hydrogen) atoms. The third-order valence-electron chi connectivity index (χ3n) is 5.93. The lowest BCUT2D eigenvalue weighted by molar-refractivity contribution is -0.117. The lowest BCUT2D eigenvalue weighted by Crippen LogP contribution is -2.26. The average Bonchev–Trinajstić information content (AvgIpc) is 3.31. The molecule has 0 unspecified atom stereocenters. The van der Waals surface area contributed by atoms with Crippen molar-refractivity contribution in [2.75, 3.05) is 38.2 Å². The maximum absolute atomic E-state index is 13.2. The zero-order chi connectivity index (χ0) is 24.9. The van der Waals surface area contributed by atoms with Gasteiger partial charge in [0.25, 0.3) is 0 Å². The molecule has 2 fully saturated rings. The van der Waals surface area contributed by atoms with Crippen molar-refractivity contribution < 1.29 is 9.18 Å². The van der Waals surface area contributed by atoms with Gasteiger partial charge in [-0.25, -0.2) is 19.3 Å². The third-order valence-corrected chi connectivity index (χ3v) is 5.93. The van der Waals surface area contributed by atoms with E-state index in [1.807, 2.05) is 4.90 Å². The number of nitrogens with two attached hydrogens (primary N) is 1. The van der Waals surface area contributed by atoms with Crippen LogP contribution in [0.3, 0.4) is 0 Å². The highest BCUT2D eigenvalue weighted by atomic mass is 19.1. The van der Waals surface area contributed by atoms with Gasteiger partial charge in [-0.3, -0.25) is 10.2 Å². The summed E-state index contributed by atoms with van der Waals surface area (Å²) < 4.78 is 13.2. The van der Waals surface area contributed by atoms with Crippen molar-refractivity contribution in [1.82, 2.24) is 25.2 Å². The first-order valence-electron chi connectivity index (χ1n) is 11.8. The van der Waals surface area contributed by atoms with Crippen molar-refractivity contribution in [3.8, 4) is 0 Å². The zero-order valence-electron chi connectivity index (χ0n) is 20.4. The van der Waals surface area contributed by atoms with Crippen LogP contribution in [0.5, 0.6) is 0 Å². The molecule has 0 bridgehead atoms. The fourth-order valence-electron chi connectivity index (χ4n) is 3.87. The van der Waals surface area contributed by atoms with Gasteiger partial charge >= 0.3 is 0 Å². The van der Waals surface area contributed by atoms with Crippen molar-refractivity contribution in [2.45, 2.75) is 51.5 Å². The Hall–Kier alpha value is -3.14. The van der Waals surface area contributed by atoms with Crippen molar-refractivity contribution in [3.05, 3.63) is 41.7 Å². The predicted molar refractivity (Wildman–Crippen MR) is 133 cm³/mol. The van der Waals surface area contributed by atoms with Crippen molar-refractivity contribution in [1.29, 1.82) is 5.41 Å². The zero-order valence-corrected chi connectivity index (χ0v) is 20.4. The van der Waals surface area contributed by atoms with Crippen LogP contribution in [-0.2, 0) is 4.79 Å². The molecular formula is C24H37FN8O. The van der Waals surface area contributed by atoms with Crippen LogP contribution in [0.25, 0.3) is 0 Å². The molecule has 2 aromatic heterocycles. The number of pyridine rings is 1. The number of rotatable bonds is 5. The molecule has 0 aromatic carbocycles. The van der Waals surface area contributed by atoms with Crippen LogP contribution in [-0.4, -0.2) is 65.2 Å². The van der Waals surface area contributed by atoms with Crippen LogP contribution in [0.4, 0.5) is 16.0 Å². The Morgan fingerprint density at radius 1 is 1.24 bits per heavy atom. The molecule has 1 aliphatic carbocycles. The Kier molecular flexibility index (Phi) is 11.3. The summed E-state index contributed by atoms with van der Waals surface area (Å²) in [5.41, 5.74) is 6.07. The van der Waals surface area contributed by atoms with Gasteiger partial charge in [0, 0.05) is 37.9 Å². The van der Waals surface area contributed by atoms with Crippen LogP contribution >= 0.6 is 0 Å². The number of nitrogen functional groups attached to an aromatic ring is 1. The molecule has 1 saturated carbocycles. The SMILES string of the molecule is CNC1CCCCC1.CNc1nc(C(=N)c2cccnc2N)ncc1F.C[C@H]1CCN(C=O)C1. The van der Waals surface area contributed by atoms with Gasteiger partial charge in [-0.15, -0.1) is 0 Å². The molecule has 2 aliphatic rings. The number of aromatic nitrogens is 3. The van der Waals surface area contributed by atoms with E-state index in [2.05, 4.69) is 39.6 Å². The predicted octanol–water partition coefficient (Wildman–Crippen LogP) is 3.07. The minimum absolute atomic E-state index is 0.00269. The Bertz CT molecular complexity index is 920. The molecule has 0 spiro atoms. The van der Waals surface area contributed by atoms with E-state index in [1.54, 1.807) is 12.1 Å². The molecule has 10 heteroatoms. The van der Waals surface area contributed by atoms with E-state index < -0.39 is 5.82 Å². The second-order valence-corrected chi connectivity index (χ2v) is 8.57. The number of anilines is 2. The Balaban J connectivity index is 0.000000210. The lowest BCUT2D eigenvalue weighted by Gasteiger charge is -2.20. The summed E-state index contributed by atoms with van der Waals surface area (Å²) in [4.78, 5) is 23.5. The number of hydrogen-bond donors (Lipinski definition) is 4. The molecule has 1 saturated heterocycles. The number of halogens is 1.